The minimum absolute atomic E-state index is 0.0969. The smallest absolute Gasteiger partial charge is 0.315 e. The molecule has 0 bridgehead atoms. The Morgan fingerprint density at radius 2 is 1.79 bits per heavy atom. The number of nitrogens with zero attached hydrogens (tertiary/aromatic N) is 1. The highest BCUT2D eigenvalue weighted by Crippen LogP contribution is 2.22. The summed E-state index contributed by atoms with van der Waals surface area (Å²) < 4.78 is 13.3. The van der Waals surface area contributed by atoms with Crippen LogP contribution >= 0.6 is 0 Å². The fourth-order valence-corrected chi connectivity index (χ4v) is 3.53. The van der Waals surface area contributed by atoms with E-state index in [-0.39, 0.29) is 36.3 Å². The summed E-state index contributed by atoms with van der Waals surface area (Å²) in [7, 11) is 0. The van der Waals surface area contributed by atoms with Crippen LogP contribution < -0.4 is 15.5 Å². The molecule has 0 radical (unpaired) electrons. The van der Waals surface area contributed by atoms with Crippen LogP contribution in [0.3, 0.4) is 0 Å². The number of amides is 3. The van der Waals surface area contributed by atoms with Gasteiger partial charge in [-0.3, -0.25) is 4.79 Å². The van der Waals surface area contributed by atoms with E-state index in [1.165, 1.54) is 29.9 Å². The van der Waals surface area contributed by atoms with E-state index >= 15 is 0 Å². The van der Waals surface area contributed by atoms with Gasteiger partial charge in [0.2, 0.25) is 5.91 Å². The molecule has 24 heavy (non-hydrogen) atoms. The van der Waals surface area contributed by atoms with Gasteiger partial charge in [0.1, 0.15) is 5.82 Å². The zero-order valence-electron chi connectivity index (χ0n) is 13.8. The highest BCUT2D eigenvalue weighted by molar-refractivity contribution is 5.96. The Hall–Kier alpha value is -2.11. The summed E-state index contributed by atoms with van der Waals surface area (Å²) in [6, 6.07) is 5.74. The van der Waals surface area contributed by atoms with Crippen molar-refractivity contribution in [2.45, 2.75) is 57.0 Å². The van der Waals surface area contributed by atoms with Crippen molar-refractivity contribution in [1.29, 1.82) is 0 Å². The summed E-state index contributed by atoms with van der Waals surface area (Å²) in [5, 5.41) is 5.91. The first-order valence-electron chi connectivity index (χ1n) is 8.75. The normalized spacial score (nSPS) is 22.3. The van der Waals surface area contributed by atoms with Crippen LogP contribution in [0.2, 0.25) is 0 Å². The maximum absolute atomic E-state index is 13.3. The zero-order valence-corrected chi connectivity index (χ0v) is 13.8. The minimum Gasteiger partial charge on any atom is -0.335 e. The molecule has 2 fully saturated rings. The van der Waals surface area contributed by atoms with Crippen LogP contribution in [-0.4, -0.2) is 30.6 Å². The maximum atomic E-state index is 13.3. The van der Waals surface area contributed by atoms with Gasteiger partial charge < -0.3 is 15.5 Å². The number of hydrogen-bond donors (Lipinski definition) is 2. The van der Waals surface area contributed by atoms with Crippen LogP contribution in [0.5, 0.6) is 0 Å². The Morgan fingerprint density at radius 3 is 2.50 bits per heavy atom. The molecule has 1 heterocycles. The molecule has 3 amide bonds. The van der Waals surface area contributed by atoms with Crippen molar-refractivity contribution in [2.24, 2.45) is 0 Å². The van der Waals surface area contributed by atoms with Crippen molar-refractivity contribution < 1.29 is 14.0 Å². The molecule has 130 valence electrons. The quantitative estimate of drug-likeness (QED) is 0.836. The van der Waals surface area contributed by atoms with E-state index in [1.54, 1.807) is 12.1 Å². The van der Waals surface area contributed by atoms with Crippen LogP contribution in [0.15, 0.2) is 24.3 Å². The second-order valence-corrected chi connectivity index (χ2v) is 6.69. The van der Waals surface area contributed by atoms with Crippen LogP contribution in [0.25, 0.3) is 0 Å². The molecule has 1 aromatic rings. The number of hydrogen-bond acceptors (Lipinski definition) is 2. The molecule has 2 aliphatic rings. The summed E-state index contributed by atoms with van der Waals surface area (Å²) in [4.78, 5) is 25.8. The van der Waals surface area contributed by atoms with Gasteiger partial charge in [0.05, 0.1) is 6.04 Å². The highest BCUT2D eigenvalue weighted by Gasteiger charge is 2.32. The predicted octanol–water partition coefficient (Wildman–Crippen LogP) is 2.95. The van der Waals surface area contributed by atoms with Gasteiger partial charge in [-0.2, -0.15) is 0 Å². The van der Waals surface area contributed by atoms with Crippen molar-refractivity contribution >= 4 is 17.6 Å². The second kappa shape index (κ2) is 7.64. The van der Waals surface area contributed by atoms with Crippen molar-refractivity contribution in [2.75, 3.05) is 11.4 Å². The van der Waals surface area contributed by atoms with Crippen LogP contribution in [-0.2, 0) is 4.79 Å². The first kappa shape index (κ1) is 16.7. The molecule has 0 aromatic heterocycles. The van der Waals surface area contributed by atoms with E-state index in [1.807, 2.05) is 0 Å². The number of rotatable bonds is 3. The van der Waals surface area contributed by atoms with Crippen LogP contribution in [0.1, 0.15) is 44.9 Å². The van der Waals surface area contributed by atoms with Crippen molar-refractivity contribution in [3.8, 4) is 0 Å². The molecule has 0 unspecified atom stereocenters. The number of anilines is 1. The SMILES string of the molecule is O=C(NC1CCCCCC1)N[C@H]1CC(=O)N(c2cccc(F)c2)C1. The number of carbonyl (C=O) groups is 2. The standard InChI is InChI=1S/C18H24FN3O2/c19-13-6-5-9-16(10-13)22-12-15(11-17(22)23)21-18(24)20-14-7-3-1-2-4-8-14/h5-6,9-10,14-15H,1-4,7-8,11-12H2,(H2,20,21,24)/t15-/m0/s1. The monoisotopic (exact) mass is 333 g/mol. The average molecular weight is 333 g/mol. The van der Waals surface area contributed by atoms with Gasteiger partial charge in [0.15, 0.2) is 0 Å². The molecule has 0 spiro atoms. The third-order valence-corrected chi connectivity index (χ3v) is 4.77. The van der Waals surface area contributed by atoms with E-state index in [0.717, 1.165) is 25.7 Å². The Balaban J connectivity index is 1.53. The van der Waals surface area contributed by atoms with Gasteiger partial charge in [0, 0.05) is 24.7 Å². The fraction of sp³-hybridized carbons (Fsp3) is 0.556. The number of urea groups is 1. The first-order valence-corrected chi connectivity index (χ1v) is 8.75. The van der Waals surface area contributed by atoms with Crippen molar-refractivity contribution in [1.82, 2.24) is 10.6 Å². The van der Waals surface area contributed by atoms with E-state index < -0.39 is 0 Å². The molecule has 3 rings (SSSR count). The number of benzene rings is 1. The van der Waals surface area contributed by atoms with E-state index in [2.05, 4.69) is 10.6 Å². The Morgan fingerprint density at radius 1 is 1.08 bits per heavy atom. The summed E-state index contributed by atoms with van der Waals surface area (Å²) in [6.07, 6.45) is 7.06. The number of halogens is 1. The predicted molar refractivity (Wildman–Crippen MR) is 90.3 cm³/mol. The second-order valence-electron chi connectivity index (χ2n) is 6.69. The third-order valence-electron chi connectivity index (χ3n) is 4.77. The maximum Gasteiger partial charge on any atom is 0.315 e. The van der Waals surface area contributed by atoms with E-state index in [0.29, 0.717) is 12.2 Å². The average Bonchev–Trinajstić information content (AvgIpc) is 2.73. The molecule has 1 aliphatic heterocycles. The lowest BCUT2D eigenvalue weighted by atomic mass is 10.1. The summed E-state index contributed by atoms with van der Waals surface area (Å²) in [6.45, 7) is 0.375. The minimum atomic E-state index is -0.372. The van der Waals surface area contributed by atoms with Gasteiger partial charge in [0.25, 0.3) is 0 Å². The third kappa shape index (κ3) is 4.24. The Labute approximate surface area is 141 Å². The Kier molecular flexibility index (Phi) is 5.33. The first-order chi connectivity index (χ1) is 11.6. The molecular formula is C18H24FN3O2. The number of nitrogens with one attached hydrogen (secondary N) is 2. The molecule has 2 N–H and O–H groups in total. The lowest BCUT2D eigenvalue weighted by Gasteiger charge is -2.20. The highest BCUT2D eigenvalue weighted by atomic mass is 19.1. The van der Waals surface area contributed by atoms with Gasteiger partial charge in [-0.25, -0.2) is 9.18 Å². The van der Waals surface area contributed by atoms with Crippen molar-refractivity contribution in [3.05, 3.63) is 30.1 Å². The van der Waals surface area contributed by atoms with Gasteiger partial charge in [-0.05, 0) is 31.0 Å². The summed E-state index contributed by atoms with van der Waals surface area (Å²) >= 11 is 0. The molecule has 5 nitrogen and oxygen atoms in total. The Bertz CT molecular complexity index is 600. The van der Waals surface area contributed by atoms with E-state index in [9.17, 15) is 14.0 Å². The van der Waals surface area contributed by atoms with E-state index in [4.69, 9.17) is 0 Å². The molecule has 6 heteroatoms. The van der Waals surface area contributed by atoms with Crippen molar-refractivity contribution in [3.63, 3.8) is 0 Å². The van der Waals surface area contributed by atoms with Crippen LogP contribution in [0, 0.1) is 5.82 Å². The van der Waals surface area contributed by atoms with Crippen LogP contribution in [0.4, 0.5) is 14.9 Å². The summed E-state index contributed by atoms with van der Waals surface area (Å²) in [5.41, 5.74) is 0.536. The molecule has 1 aromatic carbocycles. The van der Waals surface area contributed by atoms with Gasteiger partial charge >= 0.3 is 6.03 Å². The lowest BCUT2D eigenvalue weighted by Crippen LogP contribution is -2.47. The van der Waals surface area contributed by atoms with Gasteiger partial charge in [-0.15, -0.1) is 0 Å². The molecular weight excluding hydrogens is 309 g/mol. The van der Waals surface area contributed by atoms with Gasteiger partial charge in [-0.1, -0.05) is 31.7 Å². The molecule has 1 aliphatic carbocycles. The lowest BCUT2D eigenvalue weighted by molar-refractivity contribution is -0.117. The number of carbonyl (C=O) groups excluding carboxylic acids is 2. The topological polar surface area (TPSA) is 61.4 Å². The fourth-order valence-electron chi connectivity index (χ4n) is 3.53. The molecule has 1 atom stereocenters. The molecule has 1 saturated carbocycles. The largest absolute Gasteiger partial charge is 0.335 e. The summed E-state index contributed by atoms with van der Waals surface area (Å²) in [5.74, 6) is -0.469. The molecule has 1 saturated heterocycles. The zero-order chi connectivity index (χ0) is 16.9.